The smallest absolute Gasteiger partial charge is 0.326 e. The monoisotopic (exact) mass is 602 g/mol. The van der Waals surface area contributed by atoms with Crippen molar-refractivity contribution < 1.29 is 34.5 Å². The zero-order chi connectivity index (χ0) is 30.9. The van der Waals surface area contributed by atoms with Crippen LogP contribution < -0.4 is 10.6 Å². The summed E-state index contributed by atoms with van der Waals surface area (Å²) in [5, 5.41) is 33.3. The molecule has 1 amide bonds. The molecule has 0 bridgehead atoms. The number of hydrogen-bond donors (Lipinski definition) is 6. The summed E-state index contributed by atoms with van der Waals surface area (Å²) in [4.78, 5) is 45.9. The zero-order valence-corrected chi connectivity index (χ0v) is 26.5. The second-order valence-electron chi connectivity index (χ2n) is 11.8. The number of nitrogens with one attached hydrogen (secondary N) is 2. The van der Waals surface area contributed by atoms with E-state index in [2.05, 4.69) is 23.3 Å². The van der Waals surface area contributed by atoms with Gasteiger partial charge in [0.2, 0.25) is 11.0 Å². The molecular weight excluding hydrogens is 544 g/mol. The van der Waals surface area contributed by atoms with Gasteiger partial charge in [-0.25, -0.2) is 4.79 Å². The molecule has 0 aliphatic heterocycles. The molecule has 2 unspecified atom stereocenters. The normalized spacial score (nSPS) is 13.6. The van der Waals surface area contributed by atoms with Crippen LogP contribution in [0.25, 0.3) is 0 Å². The quantitative estimate of drug-likeness (QED) is 0.0335. The van der Waals surface area contributed by atoms with Crippen molar-refractivity contribution in [3.8, 4) is 0 Å². The number of rotatable bonds is 29. The van der Waals surface area contributed by atoms with E-state index < -0.39 is 30.3 Å². The molecule has 0 radical (unpaired) electrons. The lowest BCUT2D eigenvalue weighted by molar-refractivity contribution is -0.142. The lowest BCUT2D eigenvalue weighted by Gasteiger charge is -2.22. The van der Waals surface area contributed by atoms with Crippen LogP contribution in [0.1, 0.15) is 149 Å². The molecule has 0 aliphatic rings. The highest BCUT2D eigenvalue weighted by Gasteiger charge is 2.24. The van der Waals surface area contributed by atoms with Crippen LogP contribution >= 0.6 is 12.6 Å². The van der Waals surface area contributed by atoms with Crippen LogP contribution in [0.2, 0.25) is 0 Å². The summed E-state index contributed by atoms with van der Waals surface area (Å²) in [6.45, 7) is 3.91. The Balaban J connectivity index is 3.76. The van der Waals surface area contributed by atoms with Gasteiger partial charge >= 0.3 is 11.9 Å². The molecule has 0 aromatic heterocycles. The maximum Gasteiger partial charge on any atom is 0.326 e. The van der Waals surface area contributed by atoms with Crippen LogP contribution in [-0.2, 0) is 19.2 Å². The minimum atomic E-state index is -1.14. The van der Waals surface area contributed by atoms with Crippen molar-refractivity contribution in [1.29, 1.82) is 0 Å². The van der Waals surface area contributed by atoms with Crippen molar-refractivity contribution in [3.05, 3.63) is 0 Å². The maximum atomic E-state index is 12.2. The number of amides is 1. The molecule has 0 saturated heterocycles. The zero-order valence-electron chi connectivity index (χ0n) is 25.6. The van der Waals surface area contributed by atoms with Gasteiger partial charge in [-0.05, 0) is 38.0 Å². The predicted octanol–water partition coefficient (Wildman–Crippen LogP) is 6.22. The van der Waals surface area contributed by atoms with Gasteiger partial charge in [-0.3, -0.25) is 19.7 Å². The van der Waals surface area contributed by atoms with E-state index in [0.717, 1.165) is 44.9 Å². The summed E-state index contributed by atoms with van der Waals surface area (Å²) in [5.41, 5.74) is 0. The summed E-state index contributed by atoms with van der Waals surface area (Å²) < 4.78 is 0. The van der Waals surface area contributed by atoms with E-state index in [1.807, 2.05) is 13.8 Å². The molecule has 0 rings (SSSR count). The Morgan fingerprint density at radius 3 is 1.41 bits per heavy atom. The summed E-state index contributed by atoms with van der Waals surface area (Å²) >= 11 is 3.85. The molecule has 10 heteroatoms. The first-order valence-corrected chi connectivity index (χ1v) is 16.4. The molecule has 0 aliphatic carbocycles. The summed E-state index contributed by atoms with van der Waals surface area (Å²) in [6, 6.07) is -1.69. The highest BCUT2D eigenvalue weighted by atomic mass is 32.1. The topological polar surface area (TPSA) is 153 Å². The number of carbonyl (C=O) groups is 4. The number of thiol groups is 1. The lowest BCUT2D eigenvalue weighted by atomic mass is 10.0. The first kappa shape index (κ1) is 39.4. The third-order valence-electron chi connectivity index (χ3n) is 7.31. The fraction of sp³-hybridized carbons (Fsp3) is 0.871. The number of hydrogen-bond acceptors (Lipinski definition) is 6. The molecule has 0 aromatic carbocycles. The summed E-state index contributed by atoms with van der Waals surface area (Å²) in [7, 11) is 0. The Hall–Kier alpha value is -1.65. The molecule has 5 N–H and O–H groups in total. The number of aliphatic hydroxyl groups is 1. The highest BCUT2D eigenvalue weighted by molar-refractivity contribution is 7.96. The fourth-order valence-electron chi connectivity index (χ4n) is 4.91. The summed E-state index contributed by atoms with van der Waals surface area (Å²) in [5.74, 6) is -1.89. The highest BCUT2D eigenvalue weighted by Crippen LogP contribution is 2.15. The average Bonchev–Trinajstić information content (AvgIpc) is 2.89. The van der Waals surface area contributed by atoms with Crippen LogP contribution in [0.3, 0.4) is 0 Å². The molecule has 0 fully saturated rings. The summed E-state index contributed by atoms with van der Waals surface area (Å²) in [6.07, 6.45) is 18.3. The van der Waals surface area contributed by atoms with Crippen LogP contribution in [-0.4, -0.2) is 56.6 Å². The van der Waals surface area contributed by atoms with Crippen molar-refractivity contribution in [2.24, 2.45) is 5.92 Å². The number of unbranched alkanes of at least 4 members (excludes halogenated alkanes) is 15. The second kappa shape index (κ2) is 26.0. The van der Waals surface area contributed by atoms with Crippen molar-refractivity contribution >= 4 is 35.6 Å². The van der Waals surface area contributed by atoms with E-state index >= 15 is 0 Å². The van der Waals surface area contributed by atoms with E-state index in [0.29, 0.717) is 12.8 Å². The molecule has 0 heterocycles. The van der Waals surface area contributed by atoms with E-state index in [9.17, 15) is 29.4 Å². The first-order valence-electron chi connectivity index (χ1n) is 15.9. The largest absolute Gasteiger partial charge is 0.481 e. The Bertz CT molecular complexity index is 721. The number of carbonyl (C=O) groups excluding carboxylic acids is 2. The second-order valence-corrected chi connectivity index (χ2v) is 12.2. The van der Waals surface area contributed by atoms with Crippen LogP contribution in [0.4, 0.5) is 0 Å². The number of carboxylic acid groups (broad SMARTS) is 2. The Morgan fingerprint density at radius 2 is 1.05 bits per heavy atom. The van der Waals surface area contributed by atoms with Gasteiger partial charge in [0.15, 0.2) is 0 Å². The van der Waals surface area contributed by atoms with Crippen molar-refractivity contribution in [1.82, 2.24) is 10.6 Å². The van der Waals surface area contributed by atoms with E-state index in [1.165, 1.54) is 57.8 Å². The molecule has 3 atom stereocenters. The molecule has 0 aromatic rings. The van der Waals surface area contributed by atoms with Gasteiger partial charge in [-0.15, -0.1) is 12.6 Å². The maximum absolute atomic E-state index is 12.2. The number of carboxylic acids is 2. The average molecular weight is 603 g/mol. The van der Waals surface area contributed by atoms with Gasteiger partial charge in [0.1, 0.15) is 12.3 Å². The molecule has 9 nitrogen and oxygen atoms in total. The minimum absolute atomic E-state index is 0.0561. The van der Waals surface area contributed by atoms with Gasteiger partial charge in [0.25, 0.3) is 0 Å². The van der Waals surface area contributed by atoms with Crippen molar-refractivity contribution in [2.45, 2.75) is 167 Å². The SMILES string of the molecule is CC(C)C[C@H](NC(O)CCC(NC(=O)CCCCCCCCCCCCCCCCCCC(=O)O)C(=O)O)C(=O)S. The van der Waals surface area contributed by atoms with Crippen molar-refractivity contribution in [3.63, 3.8) is 0 Å². The van der Waals surface area contributed by atoms with E-state index in [-0.39, 0.29) is 36.2 Å². The van der Waals surface area contributed by atoms with Gasteiger partial charge < -0.3 is 20.6 Å². The third-order valence-corrected chi connectivity index (χ3v) is 7.62. The Kier molecular flexibility index (Phi) is 25.0. The molecule has 0 spiro atoms. The van der Waals surface area contributed by atoms with Gasteiger partial charge in [0, 0.05) is 12.8 Å². The minimum Gasteiger partial charge on any atom is -0.481 e. The first-order chi connectivity index (χ1) is 19.5. The number of aliphatic hydroxyl groups excluding tert-OH is 1. The van der Waals surface area contributed by atoms with Crippen LogP contribution in [0.15, 0.2) is 0 Å². The van der Waals surface area contributed by atoms with Gasteiger partial charge in [-0.1, -0.05) is 104 Å². The predicted molar refractivity (Wildman–Crippen MR) is 166 cm³/mol. The van der Waals surface area contributed by atoms with E-state index in [4.69, 9.17) is 5.11 Å². The Labute approximate surface area is 253 Å². The lowest BCUT2D eigenvalue weighted by Crippen LogP contribution is -2.45. The number of aliphatic carboxylic acids is 2. The van der Waals surface area contributed by atoms with Crippen molar-refractivity contribution in [2.75, 3.05) is 0 Å². The van der Waals surface area contributed by atoms with Gasteiger partial charge in [0.05, 0.1) is 6.04 Å². The van der Waals surface area contributed by atoms with Gasteiger partial charge in [-0.2, -0.15) is 0 Å². The molecule has 0 saturated carbocycles. The fourth-order valence-corrected chi connectivity index (χ4v) is 5.09. The Morgan fingerprint density at radius 1 is 0.634 bits per heavy atom. The van der Waals surface area contributed by atoms with E-state index in [1.54, 1.807) is 0 Å². The molecular formula is C31H58N2O7S. The standard InChI is InChI=1S/C31H58N2O7S/c1-24(2)23-26(31(40)41)33-28(35)22-21-25(30(38)39)32-27(34)19-17-15-13-11-9-7-5-3-4-6-8-10-12-14-16-18-20-29(36)37/h24-26,28,33,35H,3-23H2,1-2H3,(H,32,34)(H,36,37)(H,38,39)(H,40,41)/t25?,26-,28?/m0/s1. The molecule has 240 valence electrons. The van der Waals surface area contributed by atoms with Crippen LogP contribution in [0.5, 0.6) is 0 Å². The van der Waals surface area contributed by atoms with Crippen LogP contribution in [0, 0.1) is 5.92 Å². The molecule has 41 heavy (non-hydrogen) atoms. The third kappa shape index (κ3) is 25.8.